The van der Waals surface area contributed by atoms with Crippen LogP contribution in [0.25, 0.3) is 0 Å². The molecular formula is C12H28N2O. The third kappa shape index (κ3) is 11.8. The van der Waals surface area contributed by atoms with Gasteiger partial charge in [-0.15, -0.1) is 0 Å². The van der Waals surface area contributed by atoms with Gasteiger partial charge in [-0.25, -0.2) is 0 Å². The molecule has 92 valence electrons. The van der Waals surface area contributed by atoms with E-state index in [-0.39, 0.29) is 0 Å². The van der Waals surface area contributed by atoms with Gasteiger partial charge in [0.25, 0.3) is 0 Å². The van der Waals surface area contributed by atoms with E-state index in [1.165, 1.54) is 12.8 Å². The predicted octanol–water partition coefficient (Wildman–Crippen LogP) is 1.73. The van der Waals surface area contributed by atoms with Gasteiger partial charge in [-0.3, -0.25) is 0 Å². The van der Waals surface area contributed by atoms with E-state index in [1.54, 1.807) is 0 Å². The molecule has 1 N–H and O–H groups in total. The van der Waals surface area contributed by atoms with Crippen LogP contribution >= 0.6 is 0 Å². The minimum Gasteiger partial charge on any atom is -0.380 e. The monoisotopic (exact) mass is 216 g/mol. The molecule has 0 aromatic heterocycles. The Bertz CT molecular complexity index is 129. The van der Waals surface area contributed by atoms with E-state index in [1.807, 2.05) is 0 Å². The molecule has 0 saturated heterocycles. The van der Waals surface area contributed by atoms with Crippen molar-refractivity contribution in [3.63, 3.8) is 0 Å². The lowest BCUT2D eigenvalue weighted by Crippen LogP contribution is -2.34. The van der Waals surface area contributed by atoms with Gasteiger partial charge in [0.05, 0.1) is 6.61 Å². The molecule has 0 atom stereocenters. The van der Waals surface area contributed by atoms with Crippen LogP contribution in [0.1, 0.15) is 33.6 Å². The molecule has 3 heteroatoms. The molecule has 0 aliphatic rings. The highest BCUT2D eigenvalue weighted by atomic mass is 16.5. The summed E-state index contributed by atoms with van der Waals surface area (Å²) in [6, 6.07) is 0.583. The molecule has 3 nitrogen and oxygen atoms in total. The van der Waals surface area contributed by atoms with Gasteiger partial charge in [0.15, 0.2) is 0 Å². The first-order valence-corrected chi connectivity index (χ1v) is 6.16. The Balaban J connectivity index is 3.15. The summed E-state index contributed by atoms with van der Waals surface area (Å²) >= 11 is 0. The van der Waals surface area contributed by atoms with Gasteiger partial charge >= 0.3 is 0 Å². The summed E-state index contributed by atoms with van der Waals surface area (Å²) in [5, 5.41) is 3.40. The van der Waals surface area contributed by atoms with Gasteiger partial charge in [-0.1, -0.05) is 27.2 Å². The molecule has 0 spiro atoms. The Kier molecular flexibility index (Phi) is 10.3. The van der Waals surface area contributed by atoms with Crippen LogP contribution < -0.4 is 5.32 Å². The molecule has 0 aliphatic carbocycles. The molecule has 0 amide bonds. The van der Waals surface area contributed by atoms with E-state index in [0.717, 1.165) is 32.8 Å². The highest BCUT2D eigenvalue weighted by Gasteiger charge is 1.98. The van der Waals surface area contributed by atoms with Gasteiger partial charge in [0.2, 0.25) is 0 Å². The van der Waals surface area contributed by atoms with Crippen molar-refractivity contribution in [2.24, 2.45) is 0 Å². The zero-order valence-corrected chi connectivity index (χ0v) is 10.9. The van der Waals surface area contributed by atoms with Crippen LogP contribution in [0.15, 0.2) is 0 Å². The van der Waals surface area contributed by atoms with Crippen LogP contribution in [0.3, 0.4) is 0 Å². The molecule has 15 heavy (non-hydrogen) atoms. The molecule has 0 saturated carbocycles. The molecular weight excluding hydrogens is 188 g/mol. The standard InChI is InChI=1S/C12H28N2O/c1-5-6-10-15-11-9-14(4)8-7-13-12(2)3/h12-13H,5-11H2,1-4H3. The Morgan fingerprint density at radius 1 is 1.20 bits per heavy atom. The lowest BCUT2D eigenvalue weighted by molar-refractivity contribution is 0.109. The van der Waals surface area contributed by atoms with Crippen molar-refractivity contribution in [1.29, 1.82) is 0 Å². The first-order chi connectivity index (χ1) is 7.16. The van der Waals surface area contributed by atoms with E-state index < -0.39 is 0 Å². The van der Waals surface area contributed by atoms with Gasteiger partial charge in [0.1, 0.15) is 0 Å². The number of ether oxygens (including phenoxy) is 1. The van der Waals surface area contributed by atoms with Crippen molar-refractivity contribution in [3.05, 3.63) is 0 Å². The molecule has 0 unspecified atom stereocenters. The van der Waals surface area contributed by atoms with E-state index in [0.29, 0.717) is 6.04 Å². The summed E-state index contributed by atoms with van der Waals surface area (Å²) in [5.74, 6) is 0. The van der Waals surface area contributed by atoms with Crippen molar-refractivity contribution < 1.29 is 4.74 Å². The minimum atomic E-state index is 0.583. The lowest BCUT2D eigenvalue weighted by Gasteiger charge is -2.17. The average Bonchev–Trinajstić information content (AvgIpc) is 2.17. The number of hydrogen-bond acceptors (Lipinski definition) is 3. The second-order valence-electron chi connectivity index (χ2n) is 4.38. The van der Waals surface area contributed by atoms with Gasteiger partial charge < -0.3 is 15.0 Å². The molecule has 0 rings (SSSR count). The summed E-state index contributed by atoms with van der Waals surface area (Å²) in [7, 11) is 2.14. The normalized spacial score (nSPS) is 11.6. The largest absolute Gasteiger partial charge is 0.380 e. The van der Waals surface area contributed by atoms with Crippen LogP contribution in [0.2, 0.25) is 0 Å². The third-order valence-electron chi connectivity index (χ3n) is 2.31. The molecule has 0 fully saturated rings. The third-order valence-corrected chi connectivity index (χ3v) is 2.31. The van der Waals surface area contributed by atoms with Crippen molar-refractivity contribution in [2.45, 2.75) is 39.7 Å². The maximum absolute atomic E-state index is 5.51. The fourth-order valence-electron chi connectivity index (χ4n) is 1.22. The summed E-state index contributed by atoms with van der Waals surface area (Å²) in [6.45, 7) is 11.5. The van der Waals surface area contributed by atoms with Crippen molar-refractivity contribution >= 4 is 0 Å². The van der Waals surface area contributed by atoms with Crippen LogP contribution in [0.4, 0.5) is 0 Å². The first kappa shape index (κ1) is 14.9. The van der Waals surface area contributed by atoms with Crippen molar-refractivity contribution in [1.82, 2.24) is 10.2 Å². The number of nitrogens with zero attached hydrogens (tertiary/aromatic N) is 1. The molecule has 0 bridgehead atoms. The van der Waals surface area contributed by atoms with Gasteiger partial charge in [-0.2, -0.15) is 0 Å². The van der Waals surface area contributed by atoms with Crippen molar-refractivity contribution in [2.75, 3.05) is 39.9 Å². The smallest absolute Gasteiger partial charge is 0.0593 e. The average molecular weight is 216 g/mol. The topological polar surface area (TPSA) is 24.5 Å². The maximum atomic E-state index is 5.51. The Morgan fingerprint density at radius 2 is 1.93 bits per heavy atom. The lowest BCUT2D eigenvalue weighted by atomic mass is 10.4. The summed E-state index contributed by atoms with van der Waals surface area (Å²) in [4.78, 5) is 2.31. The molecule has 0 aliphatic heterocycles. The van der Waals surface area contributed by atoms with Gasteiger partial charge in [0, 0.05) is 32.3 Å². The Labute approximate surface area is 95.2 Å². The number of nitrogens with one attached hydrogen (secondary N) is 1. The zero-order chi connectivity index (χ0) is 11.5. The van der Waals surface area contributed by atoms with Crippen LogP contribution in [-0.2, 0) is 4.74 Å². The van der Waals surface area contributed by atoms with E-state index in [9.17, 15) is 0 Å². The SMILES string of the molecule is CCCCOCCN(C)CCNC(C)C. The van der Waals surface area contributed by atoms with Crippen LogP contribution in [-0.4, -0.2) is 50.8 Å². The second-order valence-corrected chi connectivity index (χ2v) is 4.38. The molecule has 0 radical (unpaired) electrons. The number of likely N-dealkylation sites (N-methyl/N-ethyl adjacent to an activating group) is 1. The van der Waals surface area contributed by atoms with Crippen LogP contribution in [0, 0.1) is 0 Å². The predicted molar refractivity (Wildman–Crippen MR) is 66.4 cm³/mol. The van der Waals surface area contributed by atoms with Crippen LogP contribution in [0.5, 0.6) is 0 Å². The fourth-order valence-corrected chi connectivity index (χ4v) is 1.22. The maximum Gasteiger partial charge on any atom is 0.0593 e. The quantitative estimate of drug-likeness (QED) is 0.563. The highest BCUT2D eigenvalue weighted by Crippen LogP contribution is 1.89. The molecule has 0 aromatic carbocycles. The van der Waals surface area contributed by atoms with E-state index >= 15 is 0 Å². The second kappa shape index (κ2) is 10.4. The minimum absolute atomic E-state index is 0.583. The molecule has 0 heterocycles. The van der Waals surface area contributed by atoms with E-state index in [4.69, 9.17) is 4.74 Å². The number of unbranched alkanes of at least 4 members (excludes halogenated alkanes) is 1. The number of rotatable bonds is 10. The summed E-state index contributed by atoms with van der Waals surface area (Å²) in [6.07, 6.45) is 2.40. The Morgan fingerprint density at radius 3 is 2.53 bits per heavy atom. The number of hydrogen-bond donors (Lipinski definition) is 1. The van der Waals surface area contributed by atoms with Crippen molar-refractivity contribution in [3.8, 4) is 0 Å². The summed E-state index contributed by atoms with van der Waals surface area (Å²) in [5.41, 5.74) is 0. The highest BCUT2D eigenvalue weighted by molar-refractivity contribution is 4.57. The summed E-state index contributed by atoms with van der Waals surface area (Å²) < 4.78 is 5.51. The molecule has 0 aromatic rings. The van der Waals surface area contributed by atoms with E-state index in [2.05, 4.69) is 38.0 Å². The fraction of sp³-hybridized carbons (Fsp3) is 1.00. The first-order valence-electron chi connectivity index (χ1n) is 6.16. The zero-order valence-electron chi connectivity index (χ0n) is 10.9. The Hall–Kier alpha value is -0.120. The van der Waals surface area contributed by atoms with Gasteiger partial charge in [-0.05, 0) is 13.5 Å².